The Bertz CT molecular complexity index is 833. The van der Waals surface area contributed by atoms with E-state index in [1.54, 1.807) is 6.07 Å². The van der Waals surface area contributed by atoms with Gasteiger partial charge >= 0.3 is 5.97 Å². The molecule has 1 heterocycles. The summed E-state index contributed by atoms with van der Waals surface area (Å²) in [6.45, 7) is 5.88. The number of nitrogens with zero attached hydrogens (tertiary/aromatic N) is 1. The predicted octanol–water partition coefficient (Wildman–Crippen LogP) is 5.04. The third-order valence-corrected chi connectivity index (χ3v) is 5.86. The number of halogens is 2. The number of carboxylic acids is 1. The fourth-order valence-electron chi connectivity index (χ4n) is 3.68. The summed E-state index contributed by atoms with van der Waals surface area (Å²) in [6.07, 6.45) is 1.55. The molecular weight excluding hydrogens is 365 g/mol. The van der Waals surface area contributed by atoms with Crippen LogP contribution < -0.4 is 0 Å². The van der Waals surface area contributed by atoms with Crippen molar-refractivity contribution in [3.63, 3.8) is 0 Å². The molecule has 0 amide bonds. The molecule has 1 atom stereocenters. The molecule has 3 rings (SSSR count). The summed E-state index contributed by atoms with van der Waals surface area (Å²) in [7, 11) is 0. The van der Waals surface area contributed by atoms with Crippen LogP contribution in [0.1, 0.15) is 41.5 Å². The maximum atomic E-state index is 14.4. The van der Waals surface area contributed by atoms with Crippen LogP contribution in [-0.4, -0.2) is 29.1 Å². The fourth-order valence-corrected chi connectivity index (χ4v) is 3.80. The van der Waals surface area contributed by atoms with Crippen molar-refractivity contribution >= 4 is 17.6 Å². The minimum Gasteiger partial charge on any atom is -0.481 e. The van der Waals surface area contributed by atoms with Crippen molar-refractivity contribution in [1.82, 2.24) is 4.90 Å². The molecule has 0 spiro atoms. The molecule has 1 aliphatic rings. The van der Waals surface area contributed by atoms with Crippen molar-refractivity contribution in [2.75, 3.05) is 13.1 Å². The normalized spacial score (nSPS) is 16.1. The van der Waals surface area contributed by atoms with E-state index in [4.69, 9.17) is 16.7 Å². The molecule has 0 bridgehead atoms. The van der Waals surface area contributed by atoms with Gasteiger partial charge < -0.3 is 5.11 Å². The van der Waals surface area contributed by atoms with E-state index in [1.807, 2.05) is 25.1 Å². The molecule has 0 aromatic heterocycles. The summed E-state index contributed by atoms with van der Waals surface area (Å²) in [5.74, 6) is -0.973. The monoisotopic (exact) mass is 389 g/mol. The van der Waals surface area contributed by atoms with E-state index in [-0.39, 0.29) is 17.7 Å². The van der Waals surface area contributed by atoms with Gasteiger partial charge in [-0.2, -0.15) is 0 Å². The second-order valence-corrected chi connectivity index (χ2v) is 7.88. The molecule has 1 aliphatic heterocycles. The fraction of sp³-hybridized carbons (Fsp3) is 0.409. The summed E-state index contributed by atoms with van der Waals surface area (Å²) in [5, 5.41) is 9.73. The highest BCUT2D eigenvalue weighted by Crippen LogP contribution is 2.29. The van der Waals surface area contributed by atoms with Crippen molar-refractivity contribution in [2.45, 2.75) is 39.2 Å². The molecule has 5 heteroatoms. The average Bonchev–Trinajstić information content (AvgIpc) is 2.60. The Kier molecular flexibility index (Phi) is 6.18. The molecule has 1 N–H and O–H groups in total. The molecule has 0 saturated carbocycles. The van der Waals surface area contributed by atoms with Gasteiger partial charge in [-0.1, -0.05) is 42.8 Å². The van der Waals surface area contributed by atoms with Gasteiger partial charge in [-0.3, -0.25) is 9.69 Å². The number of aryl methyl sites for hydroxylation is 1. The molecular formula is C22H25ClFNO2. The summed E-state index contributed by atoms with van der Waals surface area (Å²) in [4.78, 5) is 13.0. The first kappa shape index (κ1) is 19.8. The van der Waals surface area contributed by atoms with Crippen LogP contribution >= 0.6 is 11.6 Å². The molecule has 2 aromatic rings. The molecule has 3 nitrogen and oxygen atoms in total. The summed E-state index contributed by atoms with van der Waals surface area (Å²) >= 11 is 6.13. The van der Waals surface area contributed by atoms with Crippen molar-refractivity contribution < 1.29 is 14.3 Å². The van der Waals surface area contributed by atoms with Crippen LogP contribution in [0.25, 0.3) is 0 Å². The minimum atomic E-state index is -0.741. The number of hydrogen-bond acceptors (Lipinski definition) is 2. The standard InChI is InChI=1S/C22H25ClFNO2/c1-3-16(17-5-6-20(23)14(2)8-17)10-18-9-15(4-7-21(18)24)11-25-12-19(13-25)22(26)27/h4-9,16,19H,3,10-13H2,1-2H3,(H,26,27)/t16-/m0/s1. The van der Waals surface area contributed by atoms with Gasteiger partial charge in [-0.15, -0.1) is 0 Å². The van der Waals surface area contributed by atoms with E-state index in [9.17, 15) is 9.18 Å². The Hall–Kier alpha value is -1.91. The number of aliphatic carboxylic acids is 1. The van der Waals surface area contributed by atoms with Crippen LogP contribution in [0.15, 0.2) is 36.4 Å². The Morgan fingerprint density at radius 3 is 2.67 bits per heavy atom. The lowest BCUT2D eigenvalue weighted by Gasteiger charge is -2.36. The second kappa shape index (κ2) is 8.41. The Morgan fingerprint density at radius 2 is 2.04 bits per heavy atom. The first-order valence-electron chi connectivity index (χ1n) is 9.36. The van der Waals surface area contributed by atoms with Gasteiger partial charge in [0.25, 0.3) is 0 Å². The summed E-state index contributed by atoms with van der Waals surface area (Å²) < 4.78 is 14.4. The third kappa shape index (κ3) is 4.69. The highest BCUT2D eigenvalue weighted by Gasteiger charge is 2.32. The molecule has 0 radical (unpaired) electrons. The SMILES string of the molecule is CC[C@@H](Cc1cc(CN2CC(C(=O)O)C2)ccc1F)c1ccc(Cl)c(C)c1. The van der Waals surface area contributed by atoms with Gasteiger partial charge in [-0.05, 0) is 60.1 Å². The van der Waals surface area contributed by atoms with E-state index < -0.39 is 5.97 Å². The van der Waals surface area contributed by atoms with Crippen LogP contribution in [0.4, 0.5) is 4.39 Å². The van der Waals surface area contributed by atoms with Crippen molar-refractivity contribution in [1.29, 1.82) is 0 Å². The number of hydrogen-bond donors (Lipinski definition) is 1. The van der Waals surface area contributed by atoms with Gasteiger partial charge in [0.1, 0.15) is 5.82 Å². The van der Waals surface area contributed by atoms with E-state index in [1.165, 1.54) is 11.6 Å². The number of likely N-dealkylation sites (tertiary alicyclic amines) is 1. The van der Waals surface area contributed by atoms with Gasteiger partial charge in [0.2, 0.25) is 0 Å². The molecule has 144 valence electrons. The Morgan fingerprint density at radius 1 is 1.30 bits per heavy atom. The van der Waals surface area contributed by atoms with E-state index >= 15 is 0 Å². The minimum absolute atomic E-state index is 0.185. The molecule has 2 aromatic carbocycles. The zero-order chi connectivity index (χ0) is 19.6. The summed E-state index contributed by atoms with van der Waals surface area (Å²) in [5.41, 5.74) is 3.95. The maximum Gasteiger partial charge on any atom is 0.309 e. The number of benzene rings is 2. The lowest BCUT2D eigenvalue weighted by Crippen LogP contribution is -2.49. The summed E-state index contributed by atoms with van der Waals surface area (Å²) in [6, 6.07) is 11.3. The number of rotatable bonds is 7. The van der Waals surface area contributed by atoms with Crippen molar-refractivity contribution in [3.8, 4) is 0 Å². The Labute approximate surface area is 164 Å². The molecule has 1 saturated heterocycles. The van der Waals surface area contributed by atoms with Gasteiger partial charge in [0, 0.05) is 24.7 Å². The lowest BCUT2D eigenvalue weighted by molar-refractivity contribution is -0.147. The van der Waals surface area contributed by atoms with Crippen molar-refractivity contribution in [2.24, 2.45) is 5.92 Å². The number of carbonyl (C=O) groups is 1. The van der Waals surface area contributed by atoms with Crippen LogP contribution in [0.2, 0.25) is 5.02 Å². The average molecular weight is 390 g/mol. The smallest absolute Gasteiger partial charge is 0.309 e. The zero-order valence-electron chi connectivity index (χ0n) is 15.7. The lowest BCUT2D eigenvalue weighted by atomic mass is 9.88. The largest absolute Gasteiger partial charge is 0.481 e. The maximum absolute atomic E-state index is 14.4. The van der Waals surface area contributed by atoms with Crippen LogP contribution in [-0.2, 0) is 17.8 Å². The molecule has 0 aliphatic carbocycles. The molecule has 1 fully saturated rings. The van der Waals surface area contributed by atoms with E-state index in [2.05, 4.69) is 17.9 Å². The van der Waals surface area contributed by atoms with Gasteiger partial charge in [0.05, 0.1) is 5.92 Å². The van der Waals surface area contributed by atoms with Gasteiger partial charge in [0.15, 0.2) is 0 Å². The highest BCUT2D eigenvalue weighted by molar-refractivity contribution is 6.31. The van der Waals surface area contributed by atoms with Crippen molar-refractivity contribution in [3.05, 3.63) is 69.5 Å². The molecule has 0 unspecified atom stereocenters. The van der Waals surface area contributed by atoms with Crippen LogP contribution in [0.3, 0.4) is 0 Å². The quantitative estimate of drug-likeness (QED) is 0.721. The van der Waals surface area contributed by atoms with E-state index in [0.29, 0.717) is 31.6 Å². The number of carboxylic acid groups (broad SMARTS) is 1. The first-order valence-corrected chi connectivity index (χ1v) is 9.73. The van der Waals surface area contributed by atoms with Gasteiger partial charge in [-0.25, -0.2) is 4.39 Å². The first-order chi connectivity index (χ1) is 12.9. The zero-order valence-corrected chi connectivity index (χ0v) is 16.5. The Balaban J connectivity index is 1.71. The van der Waals surface area contributed by atoms with E-state index in [0.717, 1.165) is 22.6 Å². The van der Waals surface area contributed by atoms with Crippen LogP contribution in [0.5, 0.6) is 0 Å². The molecule has 27 heavy (non-hydrogen) atoms. The predicted molar refractivity (Wildman–Crippen MR) is 106 cm³/mol. The topological polar surface area (TPSA) is 40.5 Å². The highest BCUT2D eigenvalue weighted by atomic mass is 35.5. The second-order valence-electron chi connectivity index (χ2n) is 7.47. The third-order valence-electron chi connectivity index (χ3n) is 5.44. The van der Waals surface area contributed by atoms with Crippen LogP contribution in [0, 0.1) is 18.7 Å².